The first-order chi connectivity index (χ1) is 30.9. The van der Waals surface area contributed by atoms with Crippen LogP contribution in [0, 0.1) is 0 Å². The van der Waals surface area contributed by atoms with Gasteiger partial charge in [0.1, 0.15) is 24.2 Å². The molecule has 0 radical (unpaired) electrons. The first-order valence-electron chi connectivity index (χ1n) is 21.2. The summed E-state index contributed by atoms with van der Waals surface area (Å²) in [6.07, 6.45) is -0.142. The molecule has 0 aliphatic carbocycles. The van der Waals surface area contributed by atoms with Crippen molar-refractivity contribution in [3.8, 4) is 11.1 Å². The Kier molecular flexibility index (Phi) is 18.3. The second-order valence-corrected chi connectivity index (χ2v) is 15.3. The fourth-order valence-corrected chi connectivity index (χ4v) is 6.79. The number of benzene rings is 5. The summed E-state index contributed by atoms with van der Waals surface area (Å²) in [5.74, 6) is -4.46. The molecule has 64 heavy (non-hydrogen) atoms. The average molecular weight is 867 g/mol. The van der Waals surface area contributed by atoms with Gasteiger partial charge in [0.05, 0.1) is 0 Å². The highest BCUT2D eigenvalue weighted by atomic mass is 16.4. The number of aliphatic carboxylic acids is 1. The van der Waals surface area contributed by atoms with Crippen LogP contribution in [0.15, 0.2) is 146 Å². The van der Waals surface area contributed by atoms with Crippen LogP contribution in [0.4, 0.5) is 5.69 Å². The van der Waals surface area contributed by atoms with Gasteiger partial charge in [0, 0.05) is 50.8 Å². The number of nitrogens with one attached hydrogen (secondary N) is 6. The first kappa shape index (κ1) is 47.4. The lowest BCUT2D eigenvalue weighted by atomic mass is 9.98. The fraction of sp³-hybridized carbons (Fsp3) is 0.260. The Morgan fingerprint density at radius 3 is 1.39 bits per heavy atom. The van der Waals surface area contributed by atoms with Gasteiger partial charge in [0.15, 0.2) is 0 Å². The molecular weight excluding hydrogens is 813 g/mol. The van der Waals surface area contributed by atoms with Gasteiger partial charge < -0.3 is 37.0 Å². The highest BCUT2D eigenvalue weighted by molar-refractivity contribution is 5.97. The number of carbonyl (C=O) groups is 7. The third kappa shape index (κ3) is 16.0. The number of hydrogen-bond donors (Lipinski definition) is 7. The third-order valence-electron chi connectivity index (χ3n) is 10.2. The molecule has 0 heterocycles. The van der Waals surface area contributed by atoms with Crippen molar-refractivity contribution in [2.24, 2.45) is 0 Å². The van der Waals surface area contributed by atoms with Gasteiger partial charge in [0.25, 0.3) is 0 Å². The van der Waals surface area contributed by atoms with Gasteiger partial charge in [-0.1, -0.05) is 133 Å². The Morgan fingerprint density at radius 1 is 0.453 bits per heavy atom. The van der Waals surface area contributed by atoms with E-state index in [4.69, 9.17) is 5.11 Å². The van der Waals surface area contributed by atoms with Crippen LogP contribution in [0.5, 0.6) is 0 Å². The molecule has 1 unspecified atom stereocenters. The molecule has 0 spiro atoms. The number of carbonyl (C=O) groups excluding carboxylic acids is 6. The van der Waals surface area contributed by atoms with Crippen LogP contribution < -0.4 is 31.9 Å². The second-order valence-electron chi connectivity index (χ2n) is 15.3. The molecule has 5 aromatic carbocycles. The van der Waals surface area contributed by atoms with E-state index in [1.165, 1.54) is 6.92 Å². The van der Waals surface area contributed by atoms with E-state index in [1.54, 1.807) is 60.7 Å². The summed E-state index contributed by atoms with van der Waals surface area (Å²) in [5.41, 5.74) is 4.67. The van der Waals surface area contributed by atoms with Gasteiger partial charge in [0.2, 0.25) is 35.4 Å². The number of carboxylic acids is 1. The summed E-state index contributed by atoms with van der Waals surface area (Å²) < 4.78 is 0. The standard InChI is InChI=1S/C50H54N6O8/c1-34(47(61)51-30-14-23-46(59)60)52-48(62)42(32-36-17-8-3-9-18-36)55-50(64)43(33-37-24-26-39(27-25-37)38-19-10-4-11-20-38)56-49(63)41(31-35-15-6-2-7-16-35)54-45(58)29-28-44(57)53-40-21-12-5-13-22-40/h2-13,15-22,24-27,34,41-43H,14,23,28-33H2,1H3,(H,51,61)(H,52,62)(H,53,57)(H,54,58)(H,55,64)(H,56,63)(H,59,60)/t34-,41?,42+,43-/m0/s1. The molecule has 0 aliphatic rings. The number of anilines is 1. The molecule has 14 heteroatoms. The zero-order valence-corrected chi connectivity index (χ0v) is 35.6. The topological polar surface area (TPSA) is 212 Å². The summed E-state index contributed by atoms with van der Waals surface area (Å²) in [4.78, 5) is 92.5. The summed E-state index contributed by atoms with van der Waals surface area (Å²) in [5, 5.41) is 25.4. The quantitative estimate of drug-likeness (QED) is 0.0455. The van der Waals surface area contributed by atoms with E-state index in [0.29, 0.717) is 16.8 Å². The molecule has 0 saturated heterocycles. The Hall–Kier alpha value is -7.61. The molecule has 0 saturated carbocycles. The van der Waals surface area contributed by atoms with Crippen LogP contribution in [0.3, 0.4) is 0 Å². The minimum Gasteiger partial charge on any atom is -0.481 e. The van der Waals surface area contributed by atoms with Gasteiger partial charge in [-0.05, 0) is 53.3 Å². The molecule has 4 atom stereocenters. The van der Waals surface area contributed by atoms with E-state index < -0.39 is 59.7 Å². The van der Waals surface area contributed by atoms with Gasteiger partial charge >= 0.3 is 5.97 Å². The number of rotatable bonds is 23. The van der Waals surface area contributed by atoms with Gasteiger partial charge in [-0.15, -0.1) is 0 Å². The monoisotopic (exact) mass is 866 g/mol. The smallest absolute Gasteiger partial charge is 0.303 e. The molecule has 6 amide bonds. The molecular formula is C50H54N6O8. The lowest BCUT2D eigenvalue weighted by Crippen LogP contribution is -2.59. The van der Waals surface area contributed by atoms with Gasteiger partial charge in [-0.2, -0.15) is 0 Å². The Balaban J connectivity index is 1.37. The van der Waals surface area contributed by atoms with E-state index in [0.717, 1.165) is 16.7 Å². The molecule has 0 bridgehead atoms. The lowest BCUT2D eigenvalue weighted by Gasteiger charge is -2.26. The summed E-state index contributed by atoms with van der Waals surface area (Å²) in [6, 6.07) is 39.5. The van der Waals surface area contributed by atoms with Crippen LogP contribution >= 0.6 is 0 Å². The van der Waals surface area contributed by atoms with Crippen LogP contribution in [0.25, 0.3) is 11.1 Å². The van der Waals surface area contributed by atoms with E-state index in [2.05, 4.69) is 31.9 Å². The van der Waals surface area contributed by atoms with Crippen molar-refractivity contribution >= 4 is 47.1 Å². The molecule has 332 valence electrons. The predicted molar refractivity (Wildman–Crippen MR) is 243 cm³/mol. The first-order valence-corrected chi connectivity index (χ1v) is 21.2. The zero-order valence-electron chi connectivity index (χ0n) is 35.6. The summed E-state index contributed by atoms with van der Waals surface area (Å²) in [6.45, 7) is 1.57. The molecule has 14 nitrogen and oxygen atoms in total. The maximum atomic E-state index is 14.5. The minimum atomic E-state index is -1.25. The molecule has 7 N–H and O–H groups in total. The maximum absolute atomic E-state index is 14.5. The second kappa shape index (κ2) is 24.7. The highest BCUT2D eigenvalue weighted by Crippen LogP contribution is 2.20. The van der Waals surface area contributed by atoms with Crippen molar-refractivity contribution in [2.75, 3.05) is 11.9 Å². The van der Waals surface area contributed by atoms with E-state index in [-0.39, 0.29) is 57.4 Å². The molecule has 5 aromatic rings. The molecule has 0 aromatic heterocycles. The number of hydrogen-bond acceptors (Lipinski definition) is 7. The summed E-state index contributed by atoms with van der Waals surface area (Å²) >= 11 is 0. The Labute approximate surface area is 372 Å². The third-order valence-corrected chi connectivity index (χ3v) is 10.2. The molecule has 0 fully saturated rings. The summed E-state index contributed by atoms with van der Waals surface area (Å²) in [7, 11) is 0. The van der Waals surface area contributed by atoms with Gasteiger partial charge in [-0.25, -0.2) is 0 Å². The Morgan fingerprint density at radius 2 is 0.875 bits per heavy atom. The average Bonchev–Trinajstić information content (AvgIpc) is 3.30. The lowest BCUT2D eigenvalue weighted by molar-refractivity contribution is -0.137. The van der Waals surface area contributed by atoms with Crippen molar-refractivity contribution in [1.29, 1.82) is 0 Å². The number of carboxylic acid groups (broad SMARTS) is 1. The molecule has 0 aliphatic heterocycles. The zero-order chi connectivity index (χ0) is 45.7. The number of para-hydroxylation sites is 1. The van der Waals surface area contributed by atoms with E-state index in [1.807, 2.05) is 84.9 Å². The van der Waals surface area contributed by atoms with E-state index >= 15 is 0 Å². The Bertz CT molecular complexity index is 2310. The van der Waals surface area contributed by atoms with Crippen LogP contribution in [0.2, 0.25) is 0 Å². The van der Waals surface area contributed by atoms with Crippen molar-refractivity contribution in [2.45, 2.75) is 76.0 Å². The largest absolute Gasteiger partial charge is 0.481 e. The fourth-order valence-electron chi connectivity index (χ4n) is 6.79. The predicted octanol–water partition coefficient (Wildman–Crippen LogP) is 4.74. The van der Waals surface area contributed by atoms with E-state index in [9.17, 15) is 33.6 Å². The molecule has 5 rings (SSSR count). The van der Waals surface area contributed by atoms with Crippen molar-refractivity contribution in [1.82, 2.24) is 26.6 Å². The van der Waals surface area contributed by atoms with Crippen molar-refractivity contribution in [3.63, 3.8) is 0 Å². The van der Waals surface area contributed by atoms with Crippen LogP contribution in [-0.2, 0) is 52.8 Å². The maximum Gasteiger partial charge on any atom is 0.303 e. The van der Waals surface area contributed by atoms with Crippen molar-refractivity contribution in [3.05, 3.63) is 162 Å². The normalized spacial score (nSPS) is 12.6. The van der Waals surface area contributed by atoms with Gasteiger partial charge in [-0.3, -0.25) is 33.6 Å². The SMILES string of the molecule is C[C@H](NC(=O)[C@@H](Cc1ccccc1)NC(=O)[C@H](Cc1ccc(-c2ccccc2)cc1)NC(=O)C(Cc1ccccc1)NC(=O)CCC(=O)Nc1ccccc1)C(=O)NCCCC(=O)O. The number of amides is 6. The van der Waals surface area contributed by atoms with Crippen molar-refractivity contribution < 1.29 is 38.7 Å². The van der Waals surface area contributed by atoms with Crippen LogP contribution in [-0.4, -0.2) is 77.2 Å². The highest BCUT2D eigenvalue weighted by Gasteiger charge is 2.31. The minimum absolute atomic E-state index is 0.00707. The van der Waals surface area contributed by atoms with Crippen LogP contribution in [0.1, 0.15) is 49.3 Å².